The number of carbonyl (C=O) groups excluding carboxylic acids is 1. The van der Waals surface area contributed by atoms with Gasteiger partial charge in [0.1, 0.15) is 5.78 Å². The van der Waals surface area contributed by atoms with E-state index in [-0.39, 0.29) is 0 Å². The van der Waals surface area contributed by atoms with E-state index in [1.807, 2.05) is 0 Å². The molecule has 0 bridgehead atoms. The molecule has 0 N–H and O–H groups in total. The van der Waals surface area contributed by atoms with Gasteiger partial charge in [0.15, 0.2) is 0 Å². The van der Waals surface area contributed by atoms with Gasteiger partial charge in [-0.1, -0.05) is 19.8 Å². The van der Waals surface area contributed by atoms with E-state index in [4.69, 9.17) is 0 Å². The van der Waals surface area contributed by atoms with Gasteiger partial charge >= 0.3 is 0 Å². The van der Waals surface area contributed by atoms with E-state index >= 15 is 0 Å². The van der Waals surface area contributed by atoms with Crippen molar-refractivity contribution in [2.45, 2.75) is 45.4 Å². The summed E-state index contributed by atoms with van der Waals surface area (Å²) in [5.41, 5.74) is 0.412. The van der Waals surface area contributed by atoms with Crippen molar-refractivity contribution in [2.24, 2.45) is 11.3 Å². The molecule has 2 rings (SSSR count). The van der Waals surface area contributed by atoms with Crippen LogP contribution < -0.4 is 0 Å². The summed E-state index contributed by atoms with van der Waals surface area (Å²) in [4.78, 5) is 11.4. The SMILES string of the molecule is C[C@@]12CCCC[C@@H]1C(=O)CC2. The molecule has 11 heavy (non-hydrogen) atoms. The number of Topliss-reactive ketones (excluding diaryl/α,β-unsaturated/α-hetero) is 1. The van der Waals surface area contributed by atoms with E-state index in [1.165, 1.54) is 25.7 Å². The lowest BCUT2D eigenvalue weighted by molar-refractivity contribution is -0.123. The minimum Gasteiger partial charge on any atom is -0.299 e. The molecule has 0 aromatic heterocycles. The number of hydrogen-bond acceptors (Lipinski definition) is 1. The van der Waals surface area contributed by atoms with Crippen molar-refractivity contribution in [1.29, 1.82) is 0 Å². The Bertz CT molecular complexity index is 185. The van der Waals surface area contributed by atoms with Crippen LogP contribution in [0.5, 0.6) is 0 Å². The molecule has 1 heteroatoms. The number of ketones is 1. The summed E-state index contributed by atoms with van der Waals surface area (Å²) >= 11 is 0. The average molecular weight is 152 g/mol. The van der Waals surface area contributed by atoms with E-state index in [2.05, 4.69) is 6.92 Å². The van der Waals surface area contributed by atoms with Crippen LogP contribution in [0.4, 0.5) is 0 Å². The van der Waals surface area contributed by atoms with Gasteiger partial charge in [0, 0.05) is 12.3 Å². The molecule has 0 heterocycles. The maximum atomic E-state index is 11.4. The van der Waals surface area contributed by atoms with Crippen LogP contribution >= 0.6 is 0 Å². The first-order valence-electron chi connectivity index (χ1n) is 4.75. The Morgan fingerprint density at radius 2 is 2.18 bits per heavy atom. The molecule has 62 valence electrons. The maximum Gasteiger partial charge on any atom is 0.136 e. The number of carbonyl (C=O) groups is 1. The molecule has 2 saturated carbocycles. The zero-order valence-electron chi connectivity index (χ0n) is 7.23. The molecule has 0 spiro atoms. The number of fused-ring (bicyclic) bond motifs is 1. The average Bonchev–Trinajstić information content (AvgIpc) is 2.29. The molecule has 0 radical (unpaired) electrons. The molecular weight excluding hydrogens is 136 g/mol. The van der Waals surface area contributed by atoms with Gasteiger partial charge in [0.2, 0.25) is 0 Å². The Kier molecular flexibility index (Phi) is 1.55. The highest BCUT2D eigenvalue weighted by atomic mass is 16.1. The zero-order valence-corrected chi connectivity index (χ0v) is 7.23. The highest BCUT2D eigenvalue weighted by Gasteiger charge is 2.45. The minimum atomic E-state index is 0.412. The molecular formula is C10H16O. The van der Waals surface area contributed by atoms with Gasteiger partial charge in [-0.05, 0) is 24.7 Å². The maximum absolute atomic E-state index is 11.4. The molecule has 2 aliphatic carbocycles. The summed E-state index contributed by atoms with van der Waals surface area (Å²) < 4.78 is 0. The monoisotopic (exact) mass is 152 g/mol. The highest BCUT2D eigenvalue weighted by molar-refractivity contribution is 5.84. The molecule has 0 aromatic carbocycles. The normalized spacial score (nSPS) is 44.1. The minimum absolute atomic E-state index is 0.412. The number of rotatable bonds is 0. The first kappa shape index (κ1) is 7.33. The fourth-order valence-corrected chi connectivity index (χ4v) is 2.83. The van der Waals surface area contributed by atoms with Crippen molar-refractivity contribution < 1.29 is 4.79 Å². The molecule has 0 aliphatic heterocycles. The van der Waals surface area contributed by atoms with Crippen LogP contribution in [-0.4, -0.2) is 5.78 Å². The molecule has 2 aliphatic rings. The van der Waals surface area contributed by atoms with E-state index in [0.29, 0.717) is 17.1 Å². The van der Waals surface area contributed by atoms with Gasteiger partial charge in [-0.2, -0.15) is 0 Å². The van der Waals surface area contributed by atoms with Gasteiger partial charge < -0.3 is 0 Å². The van der Waals surface area contributed by atoms with Gasteiger partial charge in [0.05, 0.1) is 0 Å². The summed E-state index contributed by atoms with van der Waals surface area (Å²) in [5, 5.41) is 0. The second kappa shape index (κ2) is 2.33. The standard InChI is InChI=1S/C10H16O/c1-10-6-3-2-4-8(10)9(11)5-7-10/h8H,2-7H2,1H3/t8-,10+/m1/s1. The second-order valence-electron chi connectivity index (χ2n) is 4.42. The van der Waals surface area contributed by atoms with Crippen LogP contribution in [0.2, 0.25) is 0 Å². The van der Waals surface area contributed by atoms with Crippen molar-refractivity contribution in [3.05, 3.63) is 0 Å². The van der Waals surface area contributed by atoms with Crippen LogP contribution in [0.15, 0.2) is 0 Å². The van der Waals surface area contributed by atoms with E-state index in [9.17, 15) is 4.79 Å². The van der Waals surface area contributed by atoms with Gasteiger partial charge in [-0.25, -0.2) is 0 Å². The van der Waals surface area contributed by atoms with Crippen molar-refractivity contribution >= 4 is 5.78 Å². The van der Waals surface area contributed by atoms with Crippen molar-refractivity contribution in [3.8, 4) is 0 Å². The fraction of sp³-hybridized carbons (Fsp3) is 0.900. The predicted octanol–water partition coefficient (Wildman–Crippen LogP) is 2.55. The van der Waals surface area contributed by atoms with Gasteiger partial charge in [-0.3, -0.25) is 4.79 Å². The summed E-state index contributed by atoms with van der Waals surface area (Å²) in [6.07, 6.45) is 7.13. The third-order valence-electron chi connectivity index (χ3n) is 3.66. The van der Waals surface area contributed by atoms with Crippen LogP contribution in [0.1, 0.15) is 45.4 Å². The molecule has 0 amide bonds. The lowest BCUT2D eigenvalue weighted by Crippen LogP contribution is -2.28. The molecule has 0 saturated heterocycles. The first-order chi connectivity index (χ1) is 5.22. The third-order valence-corrected chi connectivity index (χ3v) is 3.66. The molecule has 0 aromatic rings. The molecule has 1 nitrogen and oxygen atoms in total. The number of hydrogen-bond donors (Lipinski definition) is 0. The third kappa shape index (κ3) is 1.02. The topological polar surface area (TPSA) is 17.1 Å². The van der Waals surface area contributed by atoms with E-state index < -0.39 is 0 Å². The van der Waals surface area contributed by atoms with Gasteiger partial charge in [-0.15, -0.1) is 0 Å². The van der Waals surface area contributed by atoms with Crippen LogP contribution in [0.25, 0.3) is 0 Å². The Balaban J connectivity index is 2.21. The van der Waals surface area contributed by atoms with E-state index in [0.717, 1.165) is 12.8 Å². The summed E-state index contributed by atoms with van der Waals surface area (Å²) in [6, 6.07) is 0. The fourth-order valence-electron chi connectivity index (χ4n) is 2.83. The quantitative estimate of drug-likeness (QED) is 0.521. The Morgan fingerprint density at radius 1 is 1.36 bits per heavy atom. The largest absolute Gasteiger partial charge is 0.299 e. The van der Waals surface area contributed by atoms with Crippen molar-refractivity contribution in [2.75, 3.05) is 0 Å². The highest BCUT2D eigenvalue weighted by Crippen LogP contribution is 2.49. The Hall–Kier alpha value is -0.330. The molecule has 2 atom stereocenters. The summed E-state index contributed by atoms with van der Waals surface area (Å²) in [5.74, 6) is 0.989. The Morgan fingerprint density at radius 3 is 2.91 bits per heavy atom. The van der Waals surface area contributed by atoms with E-state index in [1.54, 1.807) is 0 Å². The van der Waals surface area contributed by atoms with Crippen LogP contribution in [-0.2, 0) is 4.79 Å². The second-order valence-corrected chi connectivity index (χ2v) is 4.42. The van der Waals surface area contributed by atoms with Crippen LogP contribution in [0, 0.1) is 11.3 Å². The molecule has 2 fully saturated rings. The summed E-state index contributed by atoms with van der Waals surface area (Å²) in [7, 11) is 0. The predicted molar refractivity (Wildman–Crippen MR) is 44.3 cm³/mol. The van der Waals surface area contributed by atoms with Gasteiger partial charge in [0.25, 0.3) is 0 Å². The first-order valence-corrected chi connectivity index (χ1v) is 4.75. The lowest BCUT2D eigenvalue weighted by Gasteiger charge is -2.34. The Labute approximate surface area is 68.2 Å². The van der Waals surface area contributed by atoms with Crippen molar-refractivity contribution in [1.82, 2.24) is 0 Å². The van der Waals surface area contributed by atoms with Crippen molar-refractivity contribution in [3.63, 3.8) is 0 Å². The smallest absolute Gasteiger partial charge is 0.136 e. The summed E-state index contributed by atoms with van der Waals surface area (Å²) in [6.45, 7) is 2.31. The van der Waals surface area contributed by atoms with Crippen LogP contribution in [0.3, 0.4) is 0 Å². The lowest BCUT2D eigenvalue weighted by atomic mass is 9.69. The zero-order chi connectivity index (χ0) is 7.90. The molecule has 0 unspecified atom stereocenters.